The van der Waals surface area contributed by atoms with Gasteiger partial charge in [-0.2, -0.15) is 0 Å². The molecule has 0 rings (SSSR count). The molecule has 0 saturated heterocycles. The first-order valence-corrected chi connectivity index (χ1v) is 8.29. The highest BCUT2D eigenvalue weighted by Crippen LogP contribution is 2.07. The molecule has 0 atom stereocenters. The van der Waals surface area contributed by atoms with E-state index in [0.29, 0.717) is 0 Å². The zero-order valence-electron chi connectivity index (χ0n) is 15.6. The number of unbranched alkanes of at least 4 members (excludes halogenated alkanes) is 7. The van der Waals surface area contributed by atoms with Gasteiger partial charge in [-0.15, -0.1) is 0 Å². The molecule has 25 heavy (non-hydrogen) atoms. The Bertz CT molecular complexity index is 310. The minimum absolute atomic E-state index is 0.833. The van der Waals surface area contributed by atoms with Crippen molar-refractivity contribution in [1.82, 2.24) is 0 Å². The van der Waals surface area contributed by atoms with Gasteiger partial charge in [0.15, 0.2) is 0 Å². The molecule has 0 unspecified atom stereocenters. The first-order valence-electron chi connectivity index (χ1n) is 8.29. The molecule has 0 aliphatic carbocycles. The van der Waals surface area contributed by atoms with E-state index in [4.69, 9.17) is 15.3 Å². The zero-order valence-corrected chi connectivity index (χ0v) is 15.6. The van der Waals surface area contributed by atoms with Gasteiger partial charge in [0.1, 0.15) is 0 Å². The third-order valence-corrected chi connectivity index (χ3v) is 2.48. The van der Waals surface area contributed by atoms with Crippen molar-refractivity contribution in [3.05, 3.63) is 38.0 Å². The second-order valence-electron chi connectivity index (χ2n) is 4.75. The van der Waals surface area contributed by atoms with Crippen LogP contribution in [-0.2, 0) is 14.4 Å². The Morgan fingerprint density at radius 1 is 0.600 bits per heavy atom. The predicted octanol–water partition coefficient (Wildman–Crippen LogP) is 4.92. The lowest BCUT2D eigenvalue weighted by atomic mass is 10.1. The SMILES string of the molecule is C=CC(=O)O.C=CC(=O)O.C=CC(=O)O.CCCCCCCCCC. The van der Waals surface area contributed by atoms with Gasteiger partial charge in [0, 0.05) is 18.2 Å². The standard InChI is InChI=1S/C10H22.3C3H4O2/c1-3-5-7-9-10-8-6-4-2;3*1-2-3(4)5/h3-10H2,1-2H3;3*2H,1H2,(H,4,5). The summed E-state index contributed by atoms with van der Waals surface area (Å²) in [5.74, 6) is -2.94. The first-order chi connectivity index (χ1) is 11.7. The van der Waals surface area contributed by atoms with E-state index in [-0.39, 0.29) is 0 Å². The quantitative estimate of drug-likeness (QED) is 0.377. The van der Waals surface area contributed by atoms with Crippen molar-refractivity contribution in [1.29, 1.82) is 0 Å². The third-order valence-electron chi connectivity index (χ3n) is 2.48. The van der Waals surface area contributed by atoms with Crippen molar-refractivity contribution in [3.63, 3.8) is 0 Å². The highest BCUT2D eigenvalue weighted by atomic mass is 16.4. The van der Waals surface area contributed by atoms with E-state index in [1.54, 1.807) is 0 Å². The average molecular weight is 358 g/mol. The Balaban J connectivity index is -0.000000126. The van der Waals surface area contributed by atoms with Gasteiger partial charge in [-0.1, -0.05) is 85.0 Å². The lowest BCUT2D eigenvalue weighted by Gasteiger charge is -1.97. The maximum absolute atomic E-state index is 9.25. The number of aliphatic carboxylic acids is 3. The van der Waals surface area contributed by atoms with Crippen molar-refractivity contribution in [2.24, 2.45) is 0 Å². The molecule has 0 spiro atoms. The van der Waals surface area contributed by atoms with E-state index in [1.165, 1.54) is 51.4 Å². The molecular weight excluding hydrogens is 324 g/mol. The molecule has 0 saturated carbocycles. The largest absolute Gasteiger partial charge is 0.478 e. The van der Waals surface area contributed by atoms with Crippen LogP contribution in [0, 0.1) is 0 Å². The van der Waals surface area contributed by atoms with Gasteiger partial charge >= 0.3 is 17.9 Å². The minimum atomic E-state index is -0.981. The van der Waals surface area contributed by atoms with Crippen molar-refractivity contribution in [2.75, 3.05) is 0 Å². The maximum atomic E-state index is 9.25. The lowest BCUT2D eigenvalue weighted by molar-refractivity contribution is -0.132. The summed E-state index contributed by atoms with van der Waals surface area (Å²) in [6.07, 6.45) is 14.0. The van der Waals surface area contributed by atoms with Crippen LogP contribution in [0.25, 0.3) is 0 Å². The van der Waals surface area contributed by atoms with Gasteiger partial charge in [-0.05, 0) is 0 Å². The van der Waals surface area contributed by atoms with Crippen LogP contribution in [0.5, 0.6) is 0 Å². The minimum Gasteiger partial charge on any atom is -0.478 e. The molecule has 0 heterocycles. The van der Waals surface area contributed by atoms with Crippen LogP contribution in [0.1, 0.15) is 65.2 Å². The lowest BCUT2D eigenvalue weighted by Crippen LogP contribution is -1.82. The molecule has 0 aromatic heterocycles. The summed E-state index contributed by atoms with van der Waals surface area (Å²) >= 11 is 0. The molecule has 3 N–H and O–H groups in total. The predicted molar refractivity (Wildman–Crippen MR) is 102 cm³/mol. The summed E-state index contributed by atoms with van der Waals surface area (Å²) in [4.78, 5) is 27.8. The van der Waals surface area contributed by atoms with E-state index in [1.807, 2.05) is 0 Å². The van der Waals surface area contributed by atoms with Crippen LogP contribution >= 0.6 is 0 Å². The van der Waals surface area contributed by atoms with Gasteiger partial charge in [0.05, 0.1) is 0 Å². The molecule has 0 bridgehead atoms. The van der Waals surface area contributed by atoms with Crippen LogP contribution < -0.4 is 0 Å². The Morgan fingerprint density at radius 2 is 0.760 bits per heavy atom. The van der Waals surface area contributed by atoms with Gasteiger partial charge in [0.25, 0.3) is 0 Å². The summed E-state index contributed by atoms with van der Waals surface area (Å²) in [6.45, 7) is 13.4. The molecule has 0 radical (unpaired) electrons. The Kier molecular flexibility index (Phi) is 36.1. The zero-order chi connectivity index (χ0) is 20.5. The van der Waals surface area contributed by atoms with Gasteiger partial charge < -0.3 is 15.3 Å². The summed E-state index contributed by atoms with van der Waals surface area (Å²) in [6, 6.07) is 0. The van der Waals surface area contributed by atoms with Gasteiger partial charge in [-0.25, -0.2) is 14.4 Å². The maximum Gasteiger partial charge on any atom is 0.327 e. The van der Waals surface area contributed by atoms with Crippen LogP contribution in [0.3, 0.4) is 0 Å². The number of carboxylic acids is 3. The summed E-state index contributed by atoms with van der Waals surface area (Å²) < 4.78 is 0. The fraction of sp³-hybridized carbons (Fsp3) is 0.526. The molecule has 146 valence electrons. The van der Waals surface area contributed by atoms with Gasteiger partial charge in [-0.3, -0.25) is 0 Å². The van der Waals surface area contributed by atoms with E-state index in [9.17, 15) is 14.4 Å². The first kappa shape index (κ1) is 30.5. The number of hydrogen-bond donors (Lipinski definition) is 3. The van der Waals surface area contributed by atoms with E-state index >= 15 is 0 Å². The van der Waals surface area contributed by atoms with E-state index in [2.05, 4.69) is 33.6 Å². The highest BCUT2D eigenvalue weighted by Gasteiger charge is 1.87. The molecule has 0 fully saturated rings. The molecular formula is C19H34O6. The van der Waals surface area contributed by atoms with Gasteiger partial charge in [0.2, 0.25) is 0 Å². The topological polar surface area (TPSA) is 112 Å². The molecule has 6 nitrogen and oxygen atoms in total. The number of rotatable bonds is 10. The fourth-order valence-corrected chi connectivity index (χ4v) is 1.21. The smallest absolute Gasteiger partial charge is 0.327 e. The highest BCUT2D eigenvalue weighted by molar-refractivity contribution is 5.79. The molecule has 6 heteroatoms. The van der Waals surface area contributed by atoms with Crippen LogP contribution in [0.4, 0.5) is 0 Å². The van der Waals surface area contributed by atoms with Crippen molar-refractivity contribution < 1.29 is 29.7 Å². The number of carbonyl (C=O) groups is 3. The summed E-state index contributed by atoms with van der Waals surface area (Å²) in [5.41, 5.74) is 0. The average Bonchev–Trinajstić information content (AvgIpc) is 2.59. The van der Waals surface area contributed by atoms with Crippen LogP contribution in [0.2, 0.25) is 0 Å². The second-order valence-corrected chi connectivity index (χ2v) is 4.75. The van der Waals surface area contributed by atoms with Crippen molar-refractivity contribution in [3.8, 4) is 0 Å². The van der Waals surface area contributed by atoms with E-state index < -0.39 is 17.9 Å². The number of hydrogen-bond acceptors (Lipinski definition) is 3. The molecule has 0 aliphatic rings. The van der Waals surface area contributed by atoms with Crippen molar-refractivity contribution in [2.45, 2.75) is 65.2 Å². The Hall–Kier alpha value is -2.37. The van der Waals surface area contributed by atoms with Crippen LogP contribution in [0.15, 0.2) is 38.0 Å². The fourth-order valence-electron chi connectivity index (χ4n) is 1.21. The summed E-state index contributed by atoms with van der Waals surface area (Å²) in [5, 5.41) is 22.8. The third kappa shape index (κ3) is 73.8. The van der Waals surface area contributed by atoms with Crippen LogP contribution in [-0.4, -0.2) is 33.2 Å². The monoisotopic (exact) mass is 358 g/mol. The molecule has 0 aliphatic heterocycles. The second kappa shape index (κ2) is 29.6. The molecule has 0 amide bonds. The van der Waals surface area contributed by atoms with E-state index in [0.717, 1.165) is 18.2 Å². The molecule has 0 aromatic carbocycles. The van der Waals surface area contributed by atoms with Crippen molar-refractivity contribution >= 4 is 17.9 Å². The Morgan fingerprint density at radius 3 is 0.880 bits per heavy atom. The normalized spacial score (nSPS) is 7.92. The number of carboxylic acid groups (broad SMARTS) is 3. The summed E-state index contributed by atoms with van der Waals surface area (Å²) in [7, 11) is 0. The molecule has 0 aromatic rings. The Labute approximate surface area is 151 Å².